The van der Waals surface area contributed by atoms with Crippen molar-refractivity contribution in [3.8, 4) is 0 Å². The van der Waals surface area contributed by atoms with Crippen LogP contribution in [0.3, 0.4) is 0 Å². The number of hydrogen-bond donors (Lipinski definition) is 0. The van der Waals surface area contributed by atoms with Crippen LogP contribution in [0.15, 0.2) is 36.7 Å². The van der Waals surface area contributed by atoms with Crippen molar-refractivity contribution in [1.82, 2.24) is 19.7 Å². The summed E-state index contributed by atoms with van der Waals surface area (Å²) < 4.78 is 0. The van der Waals surface area contributed by atoms with Crippen LogP contribution in [-0.4, -0.2) is 71.4 Å². The third-order valence-electron chi connectivity index (χ3n) is 7.16. The van der Waals surface area contributed by atoms with Gasteiger partial charge in [-0.25, -0.2) is 0 Å². The highest BCUT2D eigenvalue weighted by atomic mass is 16.2. The Hall–Kier alpha value is -1.72. The largest absolute Gasteiger partial charge is 0.340 e. The molecule has 1 amide bonds. The van der Waals surface area contributed by atoms with Crippen molar-refractivity contribution < 1.29 is 4.79 Å². The zero-order valence-electron chi connectivity index (χ0n) is 18.6. The zero-order chi connectivity index (χ0) is 20.8. The molecule has 1 aromatic rings. The number of pyridine rings is 1. The Bertz CT molecular complexity index is 690. The van der Waals surface area contributed by atoms with E-state index in [1.54, 1.807) is 0 Å². The number of likely N-dealkylation sites (tertiary alicyclic amines) is 1. The minimum Gasteiger partial charge on any atom is -0.340 e. The predicted molar refractivity (Wildman–Crippen MR) is 121 cm³/mol. The first-order valence-corrected chi connectivity index (χ1v) is 12.0. The van der Waals surface area contributed by atoms with Crippen molar-refractivity contribution in [3.05, 3.63) is 42.2 Å². The molecule has 2 saturated heterocycles. The molecular weight excluding hydrogens is 372 g/mol. The molecule has 4 rings (SSSR count). The van der Waals surface area contributed by atoms with E-state index in [1.807, 2.05) is 12.4 Å². The maximum atomic E-state index is 13.1. The van der Waals surface area contributed by atoms with Crippen molar-refractivity contribution in [1.29, 1.82) is 0 Å². The molecule has 1 aromatic heterocycles. The summed E-state index contributed by atoms with van der Waals surface area (Å²) in [6, 6.07) is 4.17. The lowest BCUT2D eigenvalue weighted by Gasteiger charge is -2.39. The zero-order valence-corrected chi connectivity index (χ0v) is 18.6. The van der Waals surface area contributed by atoms with E-state index in [0.717, 1.165) is 70.5 Å². The average molecular weight is 411 g/mol. The Morgan fingerprint density at radius 1 is 1.03 bits per heavy atom. The molecule has 2 atom stereocenters. The van der Waals surface area contributed by atoms with Gasteiger partial charge in [-0.2, -0.15) is 0 Å². The maximum absolute atomic E-state index is 13.1. The number of amides is 1. The predicted octanol–water partition coefficient (Wildman–Crippen LogP) is 3.43. The lowest BCUT2D eigenvalue weighted by Crippen LogP contribution is -2.52. The van der Waals surface area contributed by atoms with E-state index < -0.39 is 0 Å². The number of aromatic nitrogens is 1. The van der Waals surface area contributed by atoms with E-state index >= 15 is 0 Å². The van der Waals surface area contributed by atoms with E-state index in [9.17, 15) is 4.79 Å². The fourth-order valence-electron chi connectivity index (χ4n) is 5.42. The fourth-order valence-corrected chi connectivity index (χ4v) is 5.42. The van der Waals surface area contributed by atoms with Crippen LogP contribution in [0.1, 0.15) is 44.6 Å². The van der Waals surface area contributed by atoms with Crippen LogP contribution in [0.5, 0.6) is 0 Å². The molecule has 0 spiro atoms. The lowest BCUT2D eigenvalue weighted by atomic mass is 9.94. The molecule has 0 N–H and O–H groups in total. The van der Waals surface area contributed by atoms with Crippen LogP contribution in [0.25, 0.3) is 0 Å². The molecule has 30 heavy (non-hydrogen) atoms. The van der Waals surface area contributed by atoms with Gasteiger partial charge in [0.2, 0.25) is 5.91 Å². The molecule has 5 heteroatoms. The normalized spacial score (nSPS) is 25.0. The monoisotopic (exact) mass is 410 g/mol. The topological polar surface area (TPSA) is 39.7 Å². The van der Waals surface area contributed by atoms with Gasteiger partial charge in [-0.3, -0.25) is 19.6 Å². The summed E-state index contributed by atoms with van der Waals surface area (Å²) in [5.41, 5.74) is 1.31. The summed E-state index contributed by atoms with van der Waals surface area (Å²) in [5, 5.41) is 0. The summed E-state index contributed by atoms with van der Waals surface area (Å²) in [7, 11) is 0. The highest BCUT2D eigenvalue weighted by Gasteiger charge is 2.30. The number of carbonyl (C=O) groups is 1. The van der Waals surface area contributed by atoms with Crippen molar-refractivity contribution in [2.45, 2.75) is 45.6 Å². The second-order valence-corrected chi connectivity index (χ2v) is 9.64. The number of hydrogen-bond acceptors (Lipinski definition) is 4. The Morgan fingerprint density at radius 3 is 2.43 bits per heavy atom. The third kappa shape index (κ3) is 5.92. The van der Waals surface area contributed by atoms with Gasteiger partial charge >= 0.3 is 0 Å². The van der Waals surface area contributed by atoms with Gasteiger partial charge in [0.05, 0.1) is 0 Å². The molecule has 164 valence electrons. The van der Waals surface area contributed by atoms with Gasteiger partial charge in [0.1, 0.15) is 0 Å². The molecule has 2 unspecified atom stereocenters. The Balaban J connectivity index is 1.15. The standard InChI is InChI=1S/C25H38N4O/c1-21(18-22-4-2-3-5-22)19-28-14-16-29(17-15-28)25(30)24-8-12-27(13-9-24)20-23-6-10-26-11-7-23/h2,4,6-7,10-11,21-22,24H,3,5,8-9,12-20H2,1H3. The van der Waals surface area contributed by atoms with Crippen molar-refractivity contribution in [3.63, 3.8) is 0 Å². The molecule has 0 bridgehead atoms. The van der Waals surface area contributed by atoms with Crippen LogP contribution < -0.4 is 0 Å². The molecule has 5 nitrogen and oxygen atoms in total. The SMILES string of the molecule is CC(CC1C=CCC1)CN1CCN(C(=O)C2CCN(Cc3ccncc3)CC2)CC1. The molecule has 2 fully saturated rings. The van der Waals surface area contributed by atoms with Crippen LogP contribution in [-0.2, 0) is 11.3 Å². The Kier molecular flexibility index (Phi) is 7.56. The minimum atomic E-state index is 0.221. The highest BCUT2D eigenvalue weighted by molar-refractivity contribution is 5.79. The van der Waals surface area contributed by atoms with Gasteiger partial charge in [-0.1, -0.05) is 19.1 Å². The van der Waals surface area contributed by atoms with Crippen molar-refractivity contribution in [2.24, 2.45) is 17.8 Å². The fraction of sp³-hybridized carbons (Fsp3) is 0.680. The third-order valence-corrected chi connectivity index (χ3v) is 7.16. The molecule has 0 aromatic carbocycles. The van der Waals surface area contributed by atoms with Crippen LogP contribution in [0.4, 0.5) is 0 Å². The first-order valence-electron chi connectivity index (χ1n) is 12.0. The highest BCUT2D eigenvalue weighted by Crippen LogP contribution is 2.25. The second-order valence-electron chi connectivity index (χ2n) is 9.64. The quantitative estimate of drug-likeness (QED) is 0.646. The minimum absolute atomic E-state index is 0.221. The number of piperidine rings is 1. The second kappa shape index (κ2) is 10.5. The van der Waals surface area contributed by atoms with E-state index in [0.29, 0.717) is 5.91 Å². The van der Waals surface area contributed by atoms with Crippen LogP contribution >= 0.6 is 0 Å². The van der Waals surface area contributed by atoms with E-state index in [2.05, 4.69) is 50.9 Å². The first kappa shape index (κ1) is 21.5. The first-order chi connectivity index (χ1) is 14.7. The van der Waals surface area contributed by atoms with Gasteiger partial charge < -0.3 is 4.90 Å². The number of allylic oxidation sites excluding steroid dienone is 2. The average Bonchev–Trinajstić information content (AvgIpc) is 3.28. The smallest absolute Gasteiger partial charge is 0.225 e. The van der Waals surface area contributed by atoms with E-state index in [-0.39, 0.29) is 5.92 Å². The van der Waals surface area contributed by atoms with Crippen molar-refractivity contribution >= 4 is 5.91 Å². The summed E-state index contributed by atoms with van der Waals surface area (Å²) >= 11 is 0. The Morgan fingerprint density at radius 2 is 1.77 bits per heavy atom. The van der Waals surface area contributed by atoms with Crippen LogP contribution in [0, 0.1) is 17.8 Å². The summed E-state index contributed by atoms with van der Waals surface area (Å²) in [4.78, 5) is 24.3. The number of carbonyl (C=O) groups excluding carboxylic acids is 1. The molecule has 2 aliphatic heterocycles. The molecule has 0 radical (unpaired) electrons. The summed E-state index contributed by atoms with van der Waals surface area (Å²) in [6.45, 7) is 10.5. The maximum Gasteiger partial charge on any atom is 0.225 e. The molecule has 3 aliphatic rings. The number of piperazine rings is 1. The molecule has 1 aliphatic carbocycles. The molecular formula is C25H38N4O. The summed E-state index contributed by atoms with van der Waals surface area (Å²) in [5.74, 6) is 2.16. The summed E-state index contributed by atoms with van der Waals surface area (Å²) in [6.07, 6.45) is 14.4. The van der Waals surface area contributed by atoms with Gasteiger partial charge in [0.25, 0.3) is 0 Å². The van der Waals surface area contributed by atoms with Crippen molar-refractivity contribution in [2.75, 3.05) is 45.8 Å². The number of nitrogens with zero attached hydrogens (tertiary/aromatic N) is 4. The molecule has 0 saturated carbocycles. The number of rotatable bonds is 7. The molecule has 3 heterocycles. The van der Waals surface area contributed by atoms with E-state index in [4.69, 9.17) is 0 Å². The van der Waals surface area contributed by atoms with Gasteiger partial charge in [0, 0.05) is 57.6 Å². The Labute approximate surface area is 182 Å². The van der Waals surface area contributed by atoms with Gasteiger partial charge in [0.15, 0.2) is 0 Å². The lowest BCUT2D eigenvalue weighted by molar-refractivity contribution is -0.139. The van der Waals surface area contributed by atoms with E-state index in [1.165, 1.54) is 31.4 Å². The van der Waals surface area contributed by atoms with Gasteiger partial charge in [-0.05, 0) is 74.7 Å². The van der Waals surface area contributed by atoms with Gasteiger partial charge in [-0.15, -0.1) is 0 Å². The van der Waals surface area contributed by atoms with Crippen LogP contribution in [0.2, 0.25) is 0 Å².